The number of benzene rings is 1. The number of imidazole rings is 1. The predicted octanol–water partition coefficient (Wildman–Crippen LogP) is 3.86. The van der Waals surface area contributed by atoms with Crippen LogP contribution in [0.3, 0.4) is 0 Å². The number of para-hydroxylation sites is 1. The van der Waals surface area contributed by atoms with Crippen LogP contribution in [0.1, 0.15) is 17.3 Å². The Bertz CT molecular complexity index is 732. The number of nitrogens with zero attached hydrogens (tertiary/aromatic N) is 2. The summed E-state index contributed by atoms with van der Waals surface area (Å²) in [6.07, 6.45) is 0. The van der Waals surface area contributed by atoms with Gasteiger partial charge in [0.15, 0.2) is 5.82 Å². The van der Waals surface area contributed by atoms with Crippen molar-refractivity contribution in [1.82, 2.24) is 9.55 Å². The molecule has 0 unspecified atom stereocenters. The molecule has 0 aliphatic heterocycles. The molecular weight excluding hydrogens is 267 g/mol. The Hall–Kier alpha value is -1.81. The molecule has 98 valence electrons. The van der Waals surface area contributed by atoms with Gasteiger partial charge in [-0.2, -0.15) is 0 Å². The average Bonchev–Trinajstić information content (AvgIpc) is 2.96. The molecule has 2 heterocycles. The van der Waals surface area contributed by atoms with Crippen molar-refractivity contribution >= 4 is 22.6 Å². The van der Waals surface area contributed by atoms with Gasteiger partial charge in [-0.15, -0.1) is 11.6 Å². The van der Waals surface area contributed by atoms with E-state index in [4.69, 9.17) is 16.0 Å². The number of rotatable bonds is 3. The molecule has 0 amide bonds. The SMILES string of the molecule is Cc1ccc(Cn2c(CCl)nc3c(F)cccc32)o1. The second kappa shape index (κ2) is 4.70. The van der Waals surface area contributed by atoms with Gasteiger partial charge in [0.2, 0.25) is 0 Å². The van der Waals surface area contributed by atoms with E-state index in [-0.39, 0.29) is 11.7 Å². The lowest BCUT2D eigenvalue weighted by Gasteiger charge is -2.05. The molecular formula is C14H12ClFN2O. The van der Waals surface area contributed by atoms with Gasteiger partial charge in [0.25, 0.3) is 0 Å². The van der Waals surface area contributed by atoms with Crippen molar-refractivity contribution in [1.29, 1.82) is 0 Å². The van der Waals surface area contributed by atoms with Gasteiger partial charge < -0.3 is 8.98 Å². The van der Waals surface area contributed by atoms with Crippen LogP contribution in [0, 0.1) is 12.7 Å². The summed E-state index contributed by atoms with van der Waals surface area (Å²) in [7, 11) is 0. The van der Waals surface area contributed by atoms with Gasteiger partial charge in [0.1, 0.15) is 22.9 Å². The monoisotopic (exact) mass is 278 g/mol. The van der Waals surface area contributed by atoms with Gasteiger partial charge in [-0.05, 0) is 31.2 Å². The zero-order valence-corrected chi connectivity index (χ0v) is 11.1. The number of furan rings is 1. The summed E-state index contributed by atoms with van der Waals surface area (Å²) in [6, 6.07) is 8.70. The zero-order chi connectivity index (χ0) is 13.4. The number of aromatic nitrogens is 2. The number of fused-ring (bicyclic) bond motifs is 1. The average molecular weight is 279 g/mol. The molecule has 0 fully saturated rings. The maximum atomic E-state index is 13.7. The molecule has 5 heteroatoms. The lowest BCUT2D eigenvalue weighted by atomic mass is 10.3. The molecule has 0 saturated carbocycles. The van der Waals surface area contributed by atoms with Crippen LogP contribution < -0.4 is 0 Å². The van der Waals surface area contributed by atoms with E-state index in [0.717, 1.165) is 17.0 Å². The van der Waals surface area contributed by atoms with Crippen molar-refractivity contribution in [3.8, 4) is 0 Å². The van der Waals surface area contributed by atoms with Gasteiger partial charge in [0, 0.05) is 0 Å². The summed E-state index contributed by atoms with van der Waals surface area (Å²) >= 11 is 5.89. The molecule has 2 aromatic heterocycles. The molecule has 0 spiro atoms. The second-order valence-electron chi connectivity index (χ2n) is 4.37. The fraction of sp³-hybridized carbons (Fsp3) is 0.214. The Morgan fingerprint density at radius 2 is 2.16 bits per heavy atom. The molecule has 0 radical (unpaired) electrons. The van der Waals surface area contributed by atoms with Gasteiger partial charge in [-0.25, -0.2) is 9.37 Å². The first-order valence-electron chi connectivity index (χ1n) is 5.94. The van der Waals surface area contributed by atoms with Crippen LogP contribution in [0.4, 0.5) is 4.39 Å². The Kier molecular flexibility index (Phi) is 3.03. The van der Waals surface area contributed by atoms with Gasteiger partial charge in [-0.3, -0.25) is 0 Å². The maximum Gasteiger partial charge on any atom is 0.151 e. The van der Waals surface area contributed by atoms with E-state index in [2.05, 4.69) is 4.98 Å². The summed E-state index contributed by atoms with van der Waals surface area (Å²) in [5, 5.41) is 0. The third-order valence-electron chi connectivity index (χ3n) is 3.04. The molecule has 1 aromatic carbocycles. The molecule has 0 saturated heterocycles. The Balaban J connectivity index is 2.13. The first-order valence-corrected chi connectivity index (χ1v) is 6.47. The topological polar surface area (TPSA) is 31.0 Å². The van der Waals surface area contributed by atoms with Crippen molar-refractivity contribution in [2.24, 2.45) is 0 Å². The van der Waals surface area contributed by atoms with Crippen molar-refractivity contribution < 1.29 is 8.81 Å². The molecule has 3 aromatic rings. The van der Waals surface area contributed by atoms with Crippen LogP contribution in [-0.2, 0) is 12.4 Å². The van der Waals surface area contributed by atoms with Gasteiger partial charge in [0.05, 0.1) is 17.9 Å². The van der Waals surface area contributed by atoms with Crippen LogP contribution in [0.25, 0.3) is 11.0 Å². The summed E-state index contributed by atoms with van der Waals surface area (Å²) in [4.78, 5) is 4.25. The Labute approximate surface area is 114 Å². The summed E-state index contributed by atoms with van der Waals surface area (Å²) < 4.78 is 21.1. The lowest BCUT2D eigenvalue weighted by molar-refractivity contribution is 0.470. The van der Waals surface area contributed by atoms with Crippen molar-refractivity contribution in [2.75, 3.05) is 0 Å². The van der Waals surface area contributed by atoms with E-state index in [0.29, 0.717) is 17.9 Å². The minimum Gasteiger partial charge on any atom is -0.464 e. The number of hydrogen-bond donors (Lipinski definition) is 0. The number of halogens is 2. The molecule has 0 aliphatic carbocycles. The number of aryl methyl sites for hydroxylation is 1. The van der Waals surface area contributed by atoms with E-state index >= 15 is 0 Å². The molecule has 0 bridgehead atoms. The normalized spacial score (nSPS) is 11.3. The third-order valence-corrected chi connectivity index (χ3v) is 3.28. The minimum absolute atomic E-state index is 0.230. The van der Waals surface area contributed by atoms with Gasteiger partial charge in [-0.1, -0.05) is 6.07 Å². The standard InChI is InChI=1S/C14H12ClFN2O/c1-9-5-6-10(19-9)8-18-12-4-2-3-11(16)14(12)17-13(18)7-15/h2-6H,7-8H2,1H3. The van der Waals surface area contributed by atoms with E-state index in [1.54, 1.807) is 6.07 Å². The largest absolute Gasteiger partial charge is 0.464 e. The summed E-state index contributed by atoms with van der Waals surface area (Å²) in [5.74, 6) is 2.17. The first kappa shape index (κ1) is 12.2. The van der Waals surface area contributed by atoms with Crippen LogP contribution in [0.2, 0.25) is 0 Å². The minimum atomic E-state index is -0.335. The first-order chi connectivity index (χ1) is 9.19. The zero-order valence-electron chi connectivity index (χ0n) is 10.4. The van der Waals surface area contributed by atoms with E-state index in [1.807, 2.05) is 29.7 Å². The van der Waals surface area contributed by atoms with Crippen molar-refractivity contribution in [2.45, 2.75) is 19.3 Å². The number of hydrogen-bond acceptors (Lipinski definition) is 2. The Morgan fingerprint density at radius 1 is 1.32 bits per heavy atom. The predicted molar refractivity (Wildman–Crippen MR) is 71.8 cm³/mol. The highest BCUT2D eigenvalue weighted by atomic mass is 35.5. The van der Waals surface area contributed by atoms with Crippen LogP contribution in [0.5, 0.6) is 0 Å². The van der Waals surface area contributed by atoms with Crippen LogP contribution >= 0.6 is 11.6 Å². The smallest absolute Gasteiger partial charge is 0.151 e. The highest BCUT2D eigenvalue weighted by Gasteiger charge is 2.14. The molecule has 0 atom stereocenters. The van der Waals surface area contributed by atoms with E-state index in [1.165, 1.54) is 6.07 Å². The fourth-order valence-corrected chi connectivity index (χ4v) is 2.37. The molecule has 0 N–H and O–H groups in total. The van der Waals surface area contributed by atoms with E-state index < -0.39 is 0 Å². The molecule has 3 nitrogen and oxygen atoms in total. The second-order valence-corrected chi connectivity index (χ2v) is 4.63. The highest BCUT2D eigenvalue weighted by molar-refractivity contribution is 6.16. The number of alkyl halides is 1. The van der Waals surface area contributed by atoms with Gasteiger partial charge >= 0.3 is 0 Å². The lowest BCUT2D eigenvalue weighted by Crippen LogP contribution is -2.02. The summed E-state index contributed by atoms with van der Waals surface area (Å²) in [5.41, 5.74) is 1.08. The highest BCUT2D eigenvalue weighted by Crippen LogP contribution is 2.22. The van der Waals surface area contributed by atoms with Crippen molar-refractivity contribution in [3.63, 3.8) is 0 Å². The quantitative estimate of drug-likeness (QED) is 0.681. The third kappa shape index (κ3) is 2.12. The maximum absolute atomic E-state index is 13.7. The molecule has 19 heavy (non-hydrogen) atoms. The van der Waals surface area contributed by atoms with Crippen LogP contribution in [0.15, 0.2) is 34.7 Å². The van der Waals surface area contributed by atoms with E-state index in [9.17, 15) is 4.39 Å². The fourth-order valence-electron chi connectivity index (χ4n) is 2.17. The Morgan fingerprint density at radius 3 is 2.84 bits per heavy atom. The molecule has 3 rings (SSSR count). The molecule has 0 aliphatic rings. The van der Waals surface area contributed by atoms with Crippen LogP contribution in [-0.4, -0.2) is 9.55 Å². The summed E-state index contributed by atoms with van der Waals surface area (Å²) in [6.45, 7) is 2.38. The van der Waals surface area contributed by atoms with Crippen molar-refractivity contribution in [3.05, 3.63) is 53.5 Å².